The molecule has 0 radical (unpaired) electrons. The van der Waals surface area contributed by atoms with Crippen LogP contribution in [0.3, 0.4) is 0 Å². The standard InChI is InChI=1S/C18H21NO/c1-5-18(20)15-7-9-16(10-8-15)19(4)17-11-6-13(2)12-14(17)3/h6-12H,5H2,1-4H3. The first-order valence-electron chi connectivity index (χ1n) is 6.97. The first-order valence-corrected chi connectivity index (χ1v) is 6.97. The highest BCUT2D eigenvalue weighted by Crippen LogP contribution is 2.27. The van der Waals surface area contributed by atoms with E-state index in [-0.39, 0.29) is 5.78 Å². The van der Waals surface area contributed by atoms with Gasteiger partial charge in [0.05, 0.1) is 0 Å². The molecule has 0 heterocycles. The third kappa shape index (κ3) is 2.90. The van der Waals surface area contributed by atoms with E-state index in [9.17, 15) is 4.79 Å². The van der Waals surface area contributed by atoms with Gasteiger partial charge in [-0.15, -0.1) is 0 Å². The Hall–Kier alpha value is -2.09. The summed E-state index contributed by atoms with van der Waals surface area (Å²) in [6.45, 7) is 6.10. The summed E-state index contributed by atoms with van der Waals surface area (Å²) in [7, 11) is 2.05. The Morgan fingerprint density at radius 1 is 1.05 bits per heavy atom. The molecule has 0 spiro atoms. The van der Waals surface area contributed by atoms with Gasteiger partial charge in [-0.05, 0) is 49.7 Å². The highest BCUT2D eigenvalue weighted by atomic mass is 16.1. The van der Waals surface area contributed by atoms with E-state index < -0.39 is 0 Å². The summed E-state index contributed by atoms with van der Waals surface area (Å²) in [6.07, 6.45) is 0.548. The molecule has 0 aromatic heterocycles. The van der Waals surface area contributed by atoms with Crippen molar-refractivity contribution in [1.82, 2.24) is 0 Å². The van der Waals surface area contributed by atoms with Crippen LogP contribution in [0.4, 0.5) is 11.4 Å². The maximum absolute atomic E-state index is 11.6. The Kier molecular flexibility index (Phi) is 4.23. The van der Waals surface area contributed by atoms with E-state index >= 15 is 0 Å². The van der Waals surface area contributed by atoms with Crippen LogP contribution in [-0.4, -0.2) is 12.8 Å². The molecule has 2 rings (SSSR count). The number of benzene rings is 2. The number of rotatable bonds is 4. The third-order valence-electron chi connectivity index (χ3n) is 3.61. The van der Waals surface area contributed by atoms with Gasteiger partial charge in [0, 0.05) is 30.4 Å². The lowest BCUT2D eigenvalue weighted by molar-refractivity contribution is 0.0988. The Morgan fingerprint density at radius 3 is 2.25 bits per heavy atom. The van der Waals surface area contributed by atoms with Crippen molar-refractivity contribution in [1.29, 1.82) is 0 Å². The van der Waals surface area contributed by atoms with Gasteiger partial charge in [0.15, 0.2) is 5.78 Å². The SMILES string of the molecule is CCC(=O)c1ccc(N(C)c2ccc(C)cc2C)cc1. The van der Waals surface area contributed by atoms with Gasteiger partial charge in [-0.2, -0.15) is 0 Å². The Bertz CT molecular complexity index is 614. The van der Waals surface area contributed by atoms with Gasteiger partial charge in [0.25, 0.3) is 0 Å². The maximum atomic E-state index is 11.6. The van der Waals surface area contributed by atoms with Gasteiger partial charge >= 0.3 is 0 Å². The van der Waals surface area contributed by atoms with Crippen LogP contribution in [0, 0.1) is 13.8 Å². The van der Waals surface area contributed by atoms with Crippen LogP contribution in [0.15, 0.2) is 42.5 Å². The maximum Gasteiger partial charge on any atom is 0.162 e. The third-order valence-corrected chi connectivity index (χ3v) is 3.61. The van der Waals surface area contributed by atoms with Gasteiger partial charge in [0.2, 0.25) is 0 Å². The summed E-state index contributed by atoms with van der Waals surface area (Å²) < 4.78 is 0. The fourth-order valence-electron chi connectivity index (χ4n) is 2.40. The molecule has 20 heavy (non-hydrogen) atoms. The Labute approximate surface area is 121 Å². The fraction of sp³-hybridized carbons (Fsp3) is 0.278. The van der Waals surface area contributed by atoms with Crippen molar-refractivity contribution >= 4 is 17.2 Å². The summed E-state index contributed by atoms with van der Waals surface area (Å²) in [5.41, 5.74) is 5.57. The number of Topliss-reactive ketones (excluding diaryl/α,β-unsaturated/α-hetero) is 1. The van der Waals surface area contributed by atoms with Crippen LogP contribution in [-0.2, 0) is 0 Å². The van der Waals surface area contributed by atoms with Gasteiger partial charge in [0.1, 0.15) is 0 Å². The van der Waals surface area contributed by atoms with Crippen molar-refractivity contribution in [2.45, 2.75) is 27.2 Å². The molecule has 0 atom stereocenters. The molecular weight excluding hydrogens is 246 g/mol. The number of carbonyl (C=O) groups is 1. The van der Waals surface area contributed by atoms with E-state index in [1.807, 2.05) is 38.2 Å². The number of anilines is 2. The van der Waals surface area contributed by atoms with E-state index in [1.54, 1.807) is 0 Å². The van der Waals surface area contributed by atoms with E-state index in [0.29, 0.717) is 6.42 Å². The van der Waals surface area contributed by atoms with Crippen LogP contribution in [0.1, 0.15) is 34.8 Å². The minimum Gasteiger partial charge on any atom is -0.344 e. The molecule has 0 bridgehead atoms. The summed E-state index contributed by atoms with van der Waals surface area (Å²) in [6, 6.07) is 14.2. The van der Waals surface area contributed by atoms with Crippen LogP contribution in [0.2, 0.25) is 0 Å². The topological polar surface area (TPSA) is 20.3 Å². The Morgan fingerprint density at radius 2 is 1.70 bits per heavy atom. The van der Waals surface area contributed by atoms with Gasteiger partial charge in [-0.25, -0.2) is 0 Å². The average Bonchev–Trinajstić information content (AvgIpc) is 2.46. The van der Waals surface area contributed by atoms with Crippen molar-refractivity contribution in [2.24, 2.45) is 0 Å². The predicted octanol–water partition coefficient (Wildman–Crippen LogP) is 4.66. The number of carbonyl (C=O) groups excluding carboxylic acids is 1. The fourth-order valence-corrected chi connectivity index (χ4v) is 2.40. The van der Waals surface area contributed by atoms with Crippen LogP contribution < -0.4 is 4.90 Å². The zero-order valence-electron chi connectivity index (χ0n) is 12.6. The summed E-state index contributed by atoms with van der Waals surface area (Å²) in [5.74, 6) is 0.186. The van der Waals surface area contributed by atoms with Crippen molar-refractivity contribution in [3.05, 3.63) is 59.2 Å². The highest BCUT2D eigenvalue weighted by Gasteiger charge is 2.08. The predicted molar refractivity (Wildman–Crippen MR) is 85.0 cm³/mol. The minimum atomic E-state index is 0.186. The molecule has 104 valence electrons. The quantitative estimate of drug-likeness (QED) is 0.751. The molecular formula is C18H21NO. The molecule has 0 amide bonds. The van der Waals surface area contributed by atoms with Gasteiger partial charge in [-0.3, -0.25) is 4.79 Å². The molecule has 0 saturated carbocycles. The first-order chi connectivity index (χ1) is 9.52. The lowest BCUT2D eigenvalue weighted by Gasteiger charge is -2.22. The minimum absolute atomic E-state index is 0.186. The molecule has 0 unspecified atom stereocenters. The number of hydrogen-bond acceptors (Lipinski definition) is 2. The summed E-state index contributed by atoms with van der Waals surface area (Å²) >= 11 is 0. The molecule has 2 nitrogen and oxygen atoms in total. The van der Waals surface area contributed by atoms with E-state index in [0.717, 1.165) is 11.3 Å². The highest BCUT2D eigenvalue weighted by molar-refractivity contribution is 5.96. The van der Waals surface area contributed by atoms with E-state index in [2.05, 4.69) is 36.9 Å². The van der Waals surface area contributed by atoms with Crippen molar-refractivity contribution in [2.75, 3.05) is 11.9 Å². The van der Waals surface area contributed by atoms with E-state index in [4.69, 9.17) is 0 Å². The normalized spacial score (nSPS) is 10.4. The Balaban J connectivity index is 2.29. The second-order valence-electron chi connectivity index (χ2n) is 5.17. The first kappa shape index (κ1) is 14.3. The number of ketones is 1. The van der Waals surface area contributed by atoms with Crippen molar-refractivity contribution in [3.63, 3.8) is 0 Å². The molecule has 0 aliphatic carbocycles. The van der Waals surface area contributed by atoms with Crippen molar-refractivity contribution < 1.29 is 4.79 Å². The lowest BCUT2D eigenvalue weighted by Crippen LogP contribution is -2.11. The molecule has 0 saturated heterocycles. The van der Waals surface area contributed by atoms with Crippen molar-refractivity contribution in [3.8, 4) is 0 Å². The largest absolute Gasteiger partial charge is 0.344 e. The van der Waals surface area contributed by atoms with Crippen LogP contribution in [0.5, 0.6) is 0 Å². The molecule has 0 N–H and O–H groups in total. The second kappa shape index (κ2) is 5.91. The van der Waals surface area contributed by atoms with Gasteiger partial charge < -0.3 is 4.90 Å². The molecule has 2 heteroatoms. The van der Waals surface area contributed by atoms with Gasteiger partial charge in [-0.1, -0.05) is 24.6 Å². The number of nitrogens with zero attached hydrogens (tertiary/aromatic N) is 1. The molecule has 0 aliphatic rings. The monoisotopic (exact) mass is 267 g/mol. The second-order valence-corrected chi connectivity index (χ2v) is 5.17. The molecule has 0 fully saturated rings. The van der Waals surface area contributed by atoms with Crippen LogP contribution >= 0.6 is 0 Å². The zero-order valence-corrected chi connectivity index (χ0v) is 12.6. The molecule has 0 aliphatic heterocycles. The van der Waals surface area contributed by atoms with E-state index in [1.165, 1.54) is 16.8 Å². The lowest BCUT2D eigenvalue weighted by atomic mass is 10.1. The number of hydrogen-bond donors (Lipinski definition) is 0. The molecule has 2 aromatic carbocycles. The van der Waals surface area contributed by atoms with Crippen LogP contribution in [0.25, 0.3) is 0 Å². The smallest absolute Gasteiger partial charge is 0.162 e. The number of aryl methyl sites for hydroxylation is 2. The molecule has 2 aromatic rings. The average molecular weight is 267 g/mol. The summed E-state index contributed by atoms with van der Waals surface area (Å²) in [4.78, 5) is 13.8. The zero-order chi connectivity index (χ0) is 14.7. The summed E-state index contributed by atoms with van der Waals surface area (Å²) in [5, 5.41) is 0.